The molecule has 0 aromatic rings. The van der Waals surface area contributed by atoms with E-state index < -0.39 is 18.2 Å². The number of esters is 1. The van der Waals surface area contributed by atoms with Gasteiger partial charge in [0.2, 0.25) is 5.91 Å². The first-order valence-corrected chi connectivity index (χ1v) is 24.8. The van der Waals surface area contributed by atoms with Gasteiger partial charge in [-0.3, -0.25) is 9.59 Å². The number of aliphatic hydroxyl groups is 2. The third kappa shape index (κ3) is 41.8. The second-order valence-corrected chi connectivity index (χ2v) is 16.5. The Morgan fingerprint density at radius 2 is 0.967 bits per heavy atom. The van der Waals surface area contributed by atoms with Crippen molar-refractivity contribution in [1.82, 2.24) is 5.32 Å². The quantitative estimate of drug-likeness (QED) is 0.0246. The van der Waals surface area contributed by atoms with Gasteiger partial charge >= 0.3 is 5.97 Å². The summed E-state index contributed by atoms with van der Waals surface area (Å²) in [5, 5.41) is 23.7. The van der Waals surface area contributed by atoms with Gasteiger partial charge in [0.1, 0.15) is 6.10 Å². The van der Waals surface area contributed by atoms with Gasteiger partial charge in [-0.1, -0.05) is 215 Å². The highest BCUT2D eigenvalue weighted by atomic mass is 16.5. The van der Waals surface area contributed by atoms with Gasteiger partial charge in [0.15, 0.2) is 0 Å². The maximum Gasteiger partial charge on any atom is 0.306 e. The van der Waals surface area contributed by atoms with Crippen LogP contribution < -0.4 is 5.32 Å². The predicted octanol–water partition coefficient (Wildman–Crippen LogP) is 14.8. The van der Waals surface area contributed by atoms with E-state index in [0.29, 0.717) is 19.3 Å². The molecule has 0 rings (SSSR count). The number of carbonyl (C=O) groups excluding carboxylic acids is 2. The molecule has 0 aliphatic rings. The molecule has 0 aromatic heterocycles. The Labute approximate surface area is 370 Å². The van der Waals surface area contributed by atoms with Crippen molar-refractivity contribution in [2.45, 2.75) is 238 Å². The molecule has 1 amide bonds. The third-order valence-corrected chi connectivity index (χ3v) is 10.7. The van der Waals surface area contributed by atoms with Crippen LogP contribution in [0.3, 0.4) is 0 Å². The molecule has 0 radical (unpaired) electrons. The van der Waals surface area contributed by atoms with Crippen LogP contribution in [0.5, 0.6) is 0 Å². The monoisotopic (exact) mass is 836 g/mol. The summed E-state index contributed by atoms with van der Waals surface area (Å²) in [6.45, 7) is 6.29. The molecule has 344 valence electrons. The van der Waals surface area contributed by atoms with Crippen molar-refractivity contribution in [3.8, 4) is 0 Å². The second-order valence-electron chi connectivity index (χ2n) is 16.5. The summed E-state index contributed by atoms with van der Waals surface area (Å²) in [5.74, 6) is -0.599. The first-order chi connectivity index (χ1) is 29.5. The van der Waals surface area contributed by atoms with Gasteiger partial charge in [-0.25, -0.2) is 0 Å². The highest BCUT2D eigenvalue weighted by molar-refractivity contribution is 5.77. The van der Waals surface area contributed by atoms with Gasteiger partial charge in [0.05, 0.1) is 25.2 Å². The molecule has 0 bridgehead atoms. The maximum atomic E-state index is 13.2. The minimum Gasteiger partial charge on any atom is -0.461 e. The van der Waals surface area contributed by atoms with Gasteiger partial charge in [-0.2, -0.15) is 0 Å². The number of hydrogen-bond donors (Lipinski definition) is 3. The maximum absolute atomic E-state index is 13.2. The molecular weight excluding hydrogens is 743 g/mol. The molecule has 3 atom stereocenters. The Bertz CT molecular complexity index is 1160. The molecule has 60 heavy (non-hydrogen) atoms. The second kappa shape index (κ2) is 47.1. The van der Waals surface area contributed by atoms with E-state index >= 15 is 0 Å². The average molecular weight is 836 g/mol. The van der Waals surface area contributed by atoms with Crippen molar-refractivity contribution in [1.29, 1.82) is 0 Å². The van der Waals surface area contributed by atoms with Crippen LogP contribution in [0, 0.1) is 0 Å². The fraction of sp³-hybridized carbons (Fsp3) is 0.704. The molecule has 0 aromatic carbocycles. The molecular formula is C54H93NO5. The van der Waals surface area contributed by atoms with E-state index in [1.54, 1.807) is 0 Å². The topological polar surface area (TPSA) is 95.9 Å². The summed E-state index contributed by atoms with van der Waals surface area (Å²) in [4.78, 5) is 26.1. The molecule has 0 aliphatic heterocycles. The summed E-state index contributed by atoms with van der Waals surface area (Å²) < 4.78 is 5.85. The van der Waals surface area contributed by atoms with Crippen molar-refractivity contribution in [2.24, 2.45) is 0 Å². The lowest BCUT2D eigenvalue weighted by Crippen LogP contribution is -2.46. The van der Waals surface area contributed by atoms with Gasteiger partial charge in [-0.05, 0) is 70.6 Å². The van der Waals surface area contributed by atoms with E-state index in [0.717, 1.165) is 77.0 Å². The van der Waals surface area contributed by atoms with Crippen LogP contribution in [-0.4, -0.2) is 46.9 Å². The number of amides is 1. The first-order valence-electron chi connectivity index (χ1n) is 24.8. The predicted molar refractivity (Wildman–Crippen MR) is 259 cm³/mol. The van der Waals surface area contributed by atoms with Gasteiger partial charge in [-0.15, -0.1) is 0 Å². The van der Waals surface area contributed by atoms with Crippen LogP contribution >= 0.6 is 0 Å². The summed E-state index contributed by atoms with van der Waals surface area (Å²) >= 11 is 0. The van der Waals surface area contributed by atoms with Crippen LogP contribution in [0.1, 0.15) is 220 Å². The zero-order chi connectivity index (χ0) is 43.8. The number of aliphatic hydroxyl groups excluding tert-OH is 2. The molecule has 3 unspecified atom stereocenters. The zero-order valence-corrected chi connectivity index (χ0v) is 39.1. The van der Waals surface area contributed by atoms with Crippen LogP contribution in [0.25, 0.3) is 0 Å². The molecule has 0 heterocycles. The molecule has 6 heteroatoms. The van der Waals surface area contributed by atoms with Gasteiger partial charge < -0.3 is 20.3 Å². The number of carbonyl (C=O) groups is 2. The van der Waals surface area contributed by atoms with Crippen LogP contribution in [0.4, 0.5) is 0 Å². The Morgan fingerprint density at radius 1 is 0.533 bits per heavy atom. The van der Waals surface area contributed by atoms with E-state index in [-0.39, 0.29) is 24.9 Å². The number of unbranched alkanes of at least 4 members (excludes halogenated alkanes) is 19. The van der Waals surface area contributed by atoms with E-state index in [1.165, 1.54) is 96.3 Å². The molecule has 3 N–H and O–H groups in total. The zero-order valence-electron chi connectivity index (χ0n) is 39.1. The highest BCUT2D eigenvalue weighted by Crippen LogP contribution is 2.16. The van der Waals surface area contributed by atoms with Crippen molar-refractivity contribution < 1.29 is 24.5 Å². The number of allylic oxidation sites excluding steroid dienone is 13. The smallest absolute Gasteiger partial charge is 0.306 e. The molecule has 0 spiro atoms. The summed E-state index contributed by atoms with van der Waals surface area (Å²) in [6, 6.07) is -0.737. The van der Waals surface area contributed by atoms with Crippen LogP contribution in [-0.2, 0) is 14.3 Å². The Balaban J connectivity index is 4.77. The van der Waals surface area contributed by atoms with E-state index in [9.17, 15) is 19.8 Å². The summed E-state index contributed by atoms with van der Waals surface area (Å²) in [6.07, 6.45) is 60.8. The number of hydrogen-bond acceptors (Lipinski definition) is 5. The Morgan fingerprint density at radius 3 is 1.48 bits per heavy atom. The van der Waals surface area contributed by atoms with Crippen molar-refractivity contribution in [3.05, 3.63) is 85.1 Å². The Hall–Kier alpha value is -2.96. The molecule has 0 fully saturated rings. The Kier molecular flexibility index (Phi) is 44.8. The van der Waals surface area contributed by atoms with E-state index in [4.69, 9.17) is 4.74 Å². The highest BCUT2D eigenvalue weighted by Gasteiger charge is 2.23. The fourth-order valence-corrected chi connectivity index (χ4v) is 6.97. The van der Waals surface area contributed by atoms with Crippen molar-refractivity contribution in [2.75, 3.05) is 6.61 Å². The lowest BCUT2D eigenvalue weighted by atomic mass is 10.0. The van der Waals surface area contributed by atoms with Crippen molar-refractivity contribution in [3.63, 3.8) is 0 Å². The average Bonchev–Trinajstić information content (AvgIpc) is 3.24. The lowest BCUT2D eigenvalue weighted by molar-refractivity contribution is -0.150. The number of nitrogens with one attached hydrogen (secondary N) is 1. The standard InChI is InChI=1S/C54H93NO5/c1-4-7-10-13-16-19-22-24-26-28-31-33-36-39-42-45-50(60-54(59)47-44-41-38-35-32-29-27-25-23-20-17-14-11-8-5-2)48-53(58)55-51(49-56)52(57)46-43-40-37-34-30-21-18-15-12-9-6-3/h7,10,16-17,19-20,23-26,31,33,39,42,50-52,56-57H,4-6,8-9,11-15,18,21-22,27-30,32,34-38,40-41,43-49H2,1-3H3,(H,55,58)/b10-7-,19-16-,20-17+,25-23+,26-24-,33-31-,42-39-. The summed E-state index contributed by atoms with van der Waals surface area (Å²) in [7, 11) is 0. The van der Waals surface area contributed by atoms with Gasteiger partial charge in [0.25, 0.3) is 0 Å². The SMILES string of the molecule is CC/C=C\C/C=C\C/C=C\C/C=C\C/C=C\CC(CC(=O)NC(CO)C(O)CCCCCCCCCCCCC)OC(=O)CCCCCCCC/C=C/C=C/CCCCC. The van der Waals surface area contributed by atoms with E-state index in [2.05, 4.69) is 99.0 Å². The van der Waals surface area contributed by atoms with Gasteiger partial charge in [0, 0.05) is 12.8 Å². The van der Waals surface area contributed by atoms with Crippen LogP contribution in [0.15, 0.2) is 85.1 Å². The number of rotatable bonds is 43. The first kappa shape index (κ1) is 57.0. The normalized spacial score (nSPS) is 14.0. The molecule has 6 nitrogen and oxygen atoms in total. The van der Waals surface area contributed by atoms with Crippen molar-refractivity contribution >= 4 is 11.9 Å². The minimum absolute atomic E-state index is 0.00912. The summed E-state index contributed by atoms with van der Waals surface area (Å²) in [5.41, 5.74) is 0. The van der Waals surface area contributed by atoms with Crippen LogP contribution in [0.2, 0.25) is 0 Å². The lowest BCUT2D eigenvalue weighted by Gasteiger charge is -2.24. The molecule has 0 saturated carbocycles. The minimum atomic E-state index is -0.816. The van der Waals surface area contributed by atoms with E-state index in [1.807, 2.05) is 12.2 Å². The fourth-order valence-electron chi connectivity index (χ4n) is 6.97. The largest absolute Gasteiger partial charge is 0.461 e. The third-order valence-electron chi connectivity index (χ3n) is 10.7. The molecule has 0 aliphatic carbocycles. The number of ether oxygens (including phenoxy) is 1. The molecule has 0 saturated heterocycles.